The van der Waals surface area contributed by atoms with Crippen LogP contribution < -0.4 is 0 Å². The molecule has 15 heavy (non-hydrogen) atoms. The Bertz CT molecular complexity index is 157. The molecule has 0 spiro atoms. The number of halogens is 2. The number of hydrogen-bond acceptors (Lipinski definition) is 2. The van der Waals surface area contributed by atoms with E-state index < -0.39 is 0 Å². The molecule has 0 aromatic heterocycles. The molecule has 0 aliphatic heterocycles. The number of unbranched alkanes of at least 4 members (excludes halogenated alkanes) is 2. The van der Waals surface area contributed by atoms with Gasteiger partial charge in [-0.2, -0.15) is 0 Å². The van der Waals surface area contributed by atoms with Crippen molar-refractivity contribution in [1.82, 2.24) is 0 Å². The Morgan fingerprint density at radius 3 is 1.73 bits per heavy atom. The van der Waals surface area contributed by atoms with Crippen molar-refractivity contribution in [1.29, 1.82) is 0 Å². The van der Waals surface area contributed by atoms with Gasteiger partial charge in [0.05, 0.1) is 12.5 Å². The fourth-order valence-corrected chi connectivity index (χ4v) is 1.04. The van der Waals surface area contributed by atoms with Crippen LogP contribution >= 0.6 is 23.2 Å². The number of rotatable bonds is 10. The van der Waals surface area contributed by atoms with Crippen molar-refractivity contribution in [2.75, 3.05) is 11.8 Å². The summed E-state index contributed by atoms with van der Waals surface area (Å²) in [5.41, 5.74) is 0. The average molecular weight is 250 g/mol. The second-order valence-electron chi connectivity index (χ2n) is 2.77. The average Bonchev–Trinajstić information content (AvgIpc) is 2.26. The Morgan fingerprint density at radius 1 is 0.867 bits per heavy atom. The summed E-state index contributed by atoms with van der Waals surface area (Å²) in [5.74, 6) is 1.35. The predicted molar refractivity (Wildman–Crippen MR) is 66.1 cm³/mol. The first-order chi connectivity index (χ1) is 7.41. The van der Waals surface area contributed by atoms with E-state index in [2.05, 4.69) is 0 Å². The van der Waals surface area contributed by atoms with Crippen LogP contribution in [0.1, 0.15) is 25.7 Å². The van der Waals surface area contributed by atoms with Crippen molar-refractivity contribution in [3.05, 3.63) is 24.7 Å². The third-order valence-electron chi connectivity index (χ3n) is 1.47. The molecule has 0 aromatic carbocycles. The molecule has 0 saturated carbocycles. The van der Waals surface area contributed by atoms with E-state index in [1.54, 1.807) is 12.5 Å². The van der Waals surface area contributed by atoms with Gasteiger partial charge >= 0.3 is 7.69 Å². The van der Waals surface area contributed by atoms with Crippen molar-refractivity contribution >= 4 is 30.9 Å². The molecule has 0 amide bonds. The van der Waals surface area contributed by atoms with E-state index in [0.717, 1.165) is 25.7 Å². The highest BCUT2D eigenvalue weighted by atomic mass is 35.5. The van der Waals surface area contributed by atoms with Gasteiger partial charge in [0.2, 0.25) is 0 Å². The van der Waals surface area contributed by atoms with Crippen LogP contribution in [0.5, 0.6) is 0 Å². The van der Waals surface area contributed by atoms with Crippen molar-refractivity contribution in [2.24, 2.45) is 0 Å². The minimum absolute atomic E-state index is 0.674. The van der Waals surface area contributed by atoms with Crippen LogP contribution in [0.4, 0.5) is 0 Å². The number of alkyl halides is 2. The van der Waals surface area contributed by atoms with Crippen LogP contribution in [0.2, 0.25) is 0 Å². The SMILES string of the molecule is ClCCCC=CO[B]OC=CCCCCl. The second kappa shape index (κ2) is 13.7. The Balaban J connectivity index is 3.10. The Morgan fingerprint density at radius 2 is 1.33 bits per heavy atom. The number of allylic oxidation sites excluding steroid dienone is 2. The molecule has 0 aliphatic rings. The zero-order valence-electron chi connectivity index (χ0n) is 8.70. The zero-order valence-corrected chi connectivity index (χ0v) is 10.2. The lowest BCUT2D eigenvalue weighted by Gasteiger charge is -1.96. The van der Waals surface area contributed by atoms with Gasteiger partial charge in [0.15, 0.2) is 0 Å². The summed E-state index contributed by atoms with van der Waals surface area (Å²) < 4.78 is 9.88. The van der Waals surface area contributed by atoms with Gasteiger partial charge < -0.3 is 9.31 Å². The topological polar surface area (TPSA) is 18.5 Å². The van der Waals surface area contributed by atoms with Crippen molar-refractivity contribution in [3.8, 4) is 0 Å². The molecule has 0 N–H and O–H groups in total. The standard InChI is InChI=1S/C10H16BCl2O2/c12-7-3-1-5-9-14-11-15-10-6-2-4-8-13/h5-6,9-10H,1-4,7-8H2. The fourth-order valence-electron chi connectivity index (χ4n) is 0.733. The Labute approximate surface area is 103 Å². The summed E-state index contributed by atoms with van der Waals surface area (Å²) in [6.07, 6.45) is 10.7. The predicted octanol–water partition coefficient (Wildman–Crippen LogP) is 3.62. The van der Waals surface area contributed by atoms with E-state index in [1.807, 2.05) is 12.2 Å². The van der Waals surface area contributed by atoms with Crippen LogP contribution in [0.25, 0.3) is 0 Å². The van der Waals surface area contributed by atoms with Gasteiger partial charge in [-0.1, -0.05) is 12.2 Å². The Hall–Kier alpha value is -0.275. The molecule has 0 heterocycles. The molecular formula is C10H16BCl2O2. The highest BCUT2D eigenvalue weighted by Crippen LogP contribution is 1.94. The third-order valence-corrected chi connectivity index (χ3v) is 2.00. The third kappa shape index (κ3) is 13.7. The van der Waals surface area contributed by atoms with Gasteiger partial charge in [-0.05, 0) is 25.7 Å². The lowest BCUT2D eigenvalue weighted by molar-refractivity contribution is 0.374. The largest absolute Gasteiger partial charge is 0.657 e. The molecule has 85 valence electrons. The first-order valence-corrected chi connectivity index (χ1v) is 6.03. The second-order valence-corrected chi connectivity index (χ2v) is 3.53. The molecule has 0 saturated heterocycles. The smallest absolute Gasteiger partial charge is 0.533 e. The molecule has 0 bridgehead atoms. The lowest BCUT2D eigenvalue weighted by atomic mass is 10.3. The van der Waals surface area contributed by atoms with E-state index in [1.165, 1.54) is 7.69 Å². The maximum atomic E-state index is 5.50. The quantitative estimate of drug-likeness (QED) is 0.255. The maximum Gasteiger partial charge on any atom is 0.657 e. The molecule has 0 unspecified atom stereocenters. The van der Waals surface area contributed by atoms with Gasteiger partial charge in [0.25, 0.3) is 0 Å². The summed E-state index contributed by atoms with van der Waals surface area (Å²) in [6.45, 7) is 0. The molecule has 0 fully saturated rings. The summed E-state index contributed by atoms with van der Waals surface area (Å²) in [7, 11) is 1.27. The molecule has 0 rings (SSSR count). The van der Waals surface area contributed by atoms with E-state index in [0.29, 0.717) is 11.8 Å². The summed E-state index contributed by atoms with van der Waals surface area (Å²) in [5, 5.41) is 0. The highest BCUT2D eigenvalue weighted by molar-refractivity contribution is 6.18. The highest BCUT2D eigenvalue weighted by Gasteiger charge is 1.88. The molecule has 0 atom stereocenters. The normalized spacial score (nSPS) is 11.1. The van der Waals surface area contributed by atoms with Crippen molar-refractivity contribution < 1.29 is 9.31 Å². The summed E-state index contributed by atoms with van der Waals surface area (Å²) in [6, 6.07) is 0. The molecule has 1 radical (unpaired) electrons. The van der Waals surface area contributed by atoms with E-state index in [4.69, 9.17) is 32.5 Å². The molecule has 5 heteroatoms. The fraction of sp³-hybridized carbons (Fsp3) is 0.600. The van der Waals surface area contributed by atoms with Gasteiger partial charge in [0.1, 0.15) is 0 Å². The van der Waals surface area contributed by atoms with Gasteiger partial charge in [0, 0.05) is 11.8 Å². The van der Waals surface area contributed by atoms with Crippen LogP contribution in [0.15, 0.2) is 24.7 Å². The van der Waals surface area contributed by atoms with Gasteiger partial charge in [-0.15, -0.1) is 23.2 Å². The van der Waals surface area contributed by atoms with E-state index in [9.17, 15) is 0 Å². The van der Waals surface area contributed by atoms with E-state index >= 15 is 0 Å². The first-order valence-electron chi connectivity index (χ1n) is 4.96. The first kappa shape index (κ1) is 14.7. The molecular weight excluding hydrogens is 234 g/mol. The van der Waals surface area contributed by atoms with Gasteiger partial charge in [-0.3, -0.25) is 0 Å². The minimum Gasteiger partial charge on any atom is -0.533 e. The number of hydrogen-bond donors (Lipinski definition) is 0. The molecule has 0 aliphatic carbocycles. The van der Waals surface area contributed by atoms with Crippen LogP contribution in [-0.4, -0.2) is 19.4 Å². The summed E-state index contributed by atoms with van der Waals surface area (Å²) >= 11 is 11.0. The van der Waals surface area contributed by atoms with Crippen LogP contribution in [0, 0.1) is 0 Å². The van der Waals surface area contributed by atoms with E-state index in [-0.39, 0.29) is 0 Å². The molecule has 2 nitrogen and oxygen atoms in total. The Kier molecular flexibility index (Phi) is 13.5. The monoisotopic (exact) mass is 249 g/mol. The van der Waals surface area contributed by atoms with Gasteiger partial charge in [-0.25, -0.2) is 0 Å². The van der Waals surface area contributed by atoms with Crippen LogP contribution in [0.3, 0.4) is 0 Å². The van der Waals surface area contributed by atoms with Crippen molar-refractivity contribution in [3.63, 3.8) is 0 Å². The zero-order chi connectivity index (χ0) is 11.2. The lowest BCUT2D eigenvalue weighted by Crippen LogP contribution is -1.94. The summed E-state index contributed by atoms with van der Waals surface area (Å²) in [4.78, 5) is 0. The molecule has 0 aromatic rings. The minimum atomic E-state index is 0.674. The van der Waals surface area contributed by atoms with Crippen LogP contribution in [-0.2, 0) is 9.31 Å². The maximum absolute atomic E-state index is 5.50. The van der Waals surface area contributed by atoms with Crippen molar-refractivity contribution in [2.45, 2.75) is 25.7 Å².